The summed E-state index contributed by atoms with van der Waals surface area (Å²) in [6.45, 7) is 2.52. The zero-order valence-electron chi connectivity index (χ0n) is 15.9. The Morgan fingerprint density at radius 2 is 1.85 bits per heavy atom. The van der Waals surface area contributed by atoms with E-state index < -0.39 is 6.04 Å². The first-order valence-corrected chi connectivity index (χ1v) is 8.67. The third-order valence-corrected chi connectivity index (χ3v) is 5.00. The summed E-state index contributed by atoms with van der Waals surface area (Å²) in [7, 11) is 4.76. The average molecular weight is 373 g/mol. The molecule has 1 aliphatic rings. The van der Waals surface area contributed by atoms with Gasteiger partial charge in [-0.3, -0.25) is 14.4 Å². The van der Waals surface area contributed by atoms with Crippen molar-refractivity contribution in [3.8, 4) is 11.5 Å². The number of carbonyl (C=O) groups excluding carboxylic acids is 2. The number of benzene rings is 1. The van der Waals surface area contributed by atoms with E-state index in [-0.39, 0.29) is 23.9 Å². The van der Waals surface area contributed by atoms with Crippen molar-refractivity contribution in [1.29, 1.82) is 0 Å². The van der Waals surface area contributed by atoms with Gasteiger partial charge in [-0.1, -0.05) is 0 Å². The van der Waals surface area contributed by atoms with Crippen molar-refractivity contribution >= 4 is 22.6 Å². The Morgan fingerprint density at radius 3 is 2.52 bits per heavy atom. The van der Waals surface area contributed by atoms with Crippen molar-refractivity contribution in [3.63, 3.8) is 0 Å². The highest BCUT2D eigenvalue weighted by Crippen LogP contribution is 2.33. The smallest absolute Gasteiger partial charge is 0.259 e. The number of pyridine rings is 1. The quantitative estimate of drug-likeness (QED) is 0.788. The number of amides is 2. The maximum absolute atomic E-state index is 12.8. The highest BCUT2D eigenvalue weighted by atomic mass is 16.5. The molecule has 0 radical (unpaired) electrons. The summed E-state index contributed by atoms with van der Waals surface area (Å²) in [5, 5.41) is 1.05. The molecule has 2 heterocycles. The minimum absolute atomic E-state index is 0.0997. The number of ether oxygens (including phenoxy) is 2. The number of nitrogens with zero attached hydrogens (tertiary/aromatic N) is 3. The molecule has 27 heavy (non-hydrogen) atoms. The van der Waals surface area contributed by atoms with Gasteiger partial charge >= 0.3 is 0 Å². The van der Waals surface area contributed by atoms with Gasteiger partial charge in [-0.05, 0) is 25.1 Å². The fraction of sp³-hybridized carbons (Fsp3) is 0.421. The summed E-state index contributed by atoms with van der Waals surface area (Å²) in [6.07, 6.45) is 1.56. The molecule has 1 fully saturated rings. The van der Waals surface area contributed by atoms with Crippen LogP contribution in [0.25, 0.3) is 10.8 Å². The fourth-order valence-corrected chi connectivity index (χ4v) is 3.41. The lowest BCUT2D eigenvalue weighted by atomic mass is 10.1. The van der Waals surface area contributed by atoms with Crippen LogP contribution in [0.2, 0.25) is 0 Å². The number of piperazine rings is 1. The molecule has 3 rings (SSSR count). The Labute approximate surface area is 156 Å². The van der Waals surface area contributed by atoms with Crippen LogP contribution in [0.15, 0.2) is 29.2 Å². The van der Waals surface area contributed by atoms with E-state index in [2.05, 4.69) is 0 Å². The second-order valence-electron chi connectivity index (χ2n) is 6.53. The molecule has 2 aromatic rings. The maximum Gasteiger partial charge on any atom is 0.259 e. The predicted octanol–water partition coefficient (Wildman–Crippen LogP) is 0.708. The van der Waals surface area contributed by atoms with Crippen molar-refractivity contribution in [2.75, 3.05) is 34.4 Å². The summed E-state index contributed by atoms with van der Waals surface area (Å²) < 4.78 is 12.0. The van der Waals surface area contributed by atoms with Crippen LogP contribution in [0.3, 0.4) is 0 Å². The van der Waals surface area contributed by atoms with Crippen molar-refractivity contribution in [3.05, 3.63) is 34.7 Å². The standard InChI is InChI=1S/C19H23N3O5/c1-12-18(24)20(2)9-10-22(12)16(23)11-21-8-7-13-14(19(21)25)5-6-15(26-3)17(13)27-4/h5-8,12H,9-11H2,1-4H3/t12-/m0/s1. The van der Waals surface area contributed by atoms with Gasteiger partial charge < -0.3 is 23.8 Å². The Kier molecular flexibility index (Phi) is 5.07. The molecule has 0 N–H and O–H groups in total. The summed E-state index contributed by atoms with van der Waals surface area (Å²) in [4.78, 5) is 40.8. The molecule has 1 aliphatic heterocycles. The third kappa shape index (κ3) is 3.22. The number of methoxy groups -OCH3 is 2. The molecular formula is C19H23N3O5. The molecule has 0 bridgehead atoms. The first-order valence-electron chi connectivity index (χ1n) is 8.67. The van der Waals surface area contributed by atoms with Crippen LogP contribution in [-0.4, -0.2) is 66.6 Å². The minimum Gasteiger partial charge on any atom is -0.493 e. The number of carbonyl (C=O) groups is 2. The van der Waals surface area contributed by atoms with Gasteiger partial charge in [0.15, 0.2) is 11.5 Å². The van der Waals surface area contributed by atoms with Gasteiger partial charge in [0.25, 0.3) is 5.56 Å². The number of fused-ring (bicyclic) bond motifs is 1. The zero-order chi connectivity index (χ0) is 19.7. The highest BCUT2D eigenvalue weighted by molar-refractivity contribution is 5.91. The molecule has 8 nitrogen and oxygen atoms in total. The van der Waals surface area contributed by atoms with E-state index in [9.17, 15) is 14.4 Å². The molecule has 0 aliphatic carbocycles. The molecule has 1 aromatic heterocycles. The van der Waals surface area contributed by atoms with Crippen LogP contribution in [0.4, 0.5) is 0 Å². The van der Waals surface area contributed by atoms with E-state index in [1.807, 2.05) is 0 Å². The van der Waals surface area contributed by atoms with Crippen LogP contribution in [-0.2, 0) is 16.1 Å². The SMILES string of the molecule is COc1ccc2c(=O)n(CC(=O)N3CCN(C)C(=O)[C@@H]3C)ccc2c1OC. The Hall–Kier alpha value is -3.03. The molecular weight excluding hydrogens is 350 g/mol. The van der Waals surface area contributed by atoms with Gasteiger partial charge in [-0.2, -0.15) is 0 Å². The topological polar surface area (TPSA) is 81.1 Å². The van der Waals surface area contributed by atoms with Gasteiger partial charge in [0.1, 0.15) is 12.6 Å². The average Bonchev–Trinajstić information content (AvgIpc) is 2.67. The van der Waals surface area contributed by atoms with E-state index in [1.165, 1.54) is 23.7 Å². The van der Waals surface area contributed by atoms with Crippen LogP contribution < -0.4 is 15.0 Å². The normalized spacial score (nSPS) is 17.3. The number of aromatic nitrogens is 1. The van der Waals surface area contributed by atoms with E-state index in [4.69, 9.17) is 9.47 Å². The van der Waals surface area contributed by atoms with Gasteiger partial charge in [-0.25, -0.2) is 0 Å². The van der Waals surface area contributed by atoms with Crippen molar-refractivity contribution in [2.24, 2.45) is 0 Å². The number of hydrogen-bond acceptors (Lipinski definition) is 5. The number of rotatable bonds is 4. The van der Waals surface area contributed by atoms with E-state index >= 15 is 0 Å². The molecule has 2 amide bonds. The second kappa shape index (κ2) is 7.30. The molecule has 1 saturated heterocycles. The first kappa shape index (κ1) is 18.8. The number of hydrogen-bond donors (Lipinski definition) is 0. The molecule has 0 saturated carbocycles. The monoisotopic (exact) mass is 373 g/mol. The largest absolute Gasteiger partial charge is 0.493 e. The number of likely N-dealkylation sites (N-methyl/N-ethyl adjacent to an activating group) is 1. The lowest BCUT2D eigenvalue weighted by Crippen LogP contribution is -2.57. The van der Waals surface area contributed by atoms with E-state index in [0.29, 0.717) is 35.4 Å². The van der Waals surface area contributed by atoms with Gasteiger partial charge in [0.2, 0.25) is 11.8 Å². The molecule has 0 unspecified atom stereocenters. The lowest BCUT2D eigenvalue weighted by Gasteiger charge is -2.37. The first-order chi connectivity index (χ1) is 12.9. The molecule has 144 valence electrons. The van der Waals surface area contributed by atoms with Gasteiger partial charge in [0.05, 0.1) is 19.6 Å². The van der Waals surface area contributed by atoms with Crippen molar-refractivity contribution < 1.29 is 19.1 Å². The Morgan fingerprint density at radius 1 is 1.11 bits per heavy atom. The van der Waals surface area contributed by atoms with Gasteiger partial charge in [-0.15, -0.1) is 0 Å². The minimum atomic E-state index is -0.531. The fourth-order valence-electron chi connectivity index (χ4n) is 3.41. The maximum atomic E-state index is 12.8. The summed E-state index contributed by atoms with van der Waals surface area (Å²) in [6, 6.07) is 4.51. The molecule has 0 spiro atoms. The van der Waals surface area contributed by atoms with E-state index in [1.54, 1.807) is 43.3 Å². The van der Waals surface area contributed by atoms with Crippen LogP contribution in [0.1, 0.15) is 6.92 Å². The van der Waals surface area contributed by atoms with Crippen LogP contribution >= 0.6 is 0 Å². The Balaban J connectivity index is 1.92. The lowest BCUT2D eigenvalue weighted by molar-refractivity contribution is -0.149. The highest BCUT2D eigenvalue weighted by Gasteiger charge is 2.32. The second-order valence-corrected chi connectivity index (χ2v) is 6.53. The van der Waals surface area contributed by atoms with Gasteiger partial charge in [0, 0.05) is 31.7 Å². The van der Waals surface area contributed by atoms with Crippen LogP contribution in [0, 0.1) is 0 Å². The Bertz CT molecular complexity index is 952. The molecule has 8 heteroatoms. The van der Waals surface area contributed by atoms with Crippen molar-refractivity contribution in [2.45, 2.75) is 19.5 Å². The predicted molar refractivity (Wildman–Crippen MR) is 100 cm³/mol. The van der Waals surface area contributed by atoms with Crippen LogP contribution in [0.5, 0.6) is 11.5 Å². The van der Waals surface area contributed by atoms with E-state index in [0.717, 1.165) is 0 Å². The zero-order valence-corrected chi connectivity index (χ0v) is 15.9. The summed E-state index contributed by atoms with van der Waals surface area (Å²) in [5.41, 5.74) is -0.296. The van der Waals surface area contributed by atoms with Crippen molar-refractivity contribution in [1.82, 2.24) is 14.4 Å². The summed E-state index contributed by atoms with van der Waals surface area (Å²) in [5.74, 6) is 0.648. The summed E-state index contributed by atoms with van der Waals surface area (Å²) >= 11 is 0. The third-order valence-electron chi connectivity index (χ3n) is 5.00. The molecule has 1 aromatic carbocycles. The molecule has 1 atom stereocenters.